The molecule has 0 aromatic carbocycles. The Balaban J connectivity index is 1.96. The van der Waals surface area contributed by atoms with Gasteiger partial charge in [-0.1, -0.05) is 22.9 Å². The van der Waals surface area contributed by atoms with E-state index in [4.69, 9.17) is 0 Å². The van der Waals surface area contributed by atoms with Gasteiger partial charge < -0.3 is 5.32 Å². The van der Waals surface area contributed by atoms with Crippen LogP contribution >= 0.6 is 15.9 Å². The number of rotatable bonds is 6. The predicted octanol–water partition coefficient (Wildman–Crippen LogP) is 2.37. The molecule has 0 radical (unpaired) electrons. The van der Waals surface area contributed by atoms with Crippen molar-refractivity contribution in [3.63, 3.8) is 0 Å². The first-order valence-electron chi connectivity index (χ1n) is 6.64. The Labute approximate surface area is 116 Å². The van der Waals surface area contributed by atoms with Crippen LogP contribution < -0.4 is 5.32 Å². The number of nitrogens with one attached hydrogen (secondary N) is 1. The lowest BCUT2D eigenvalue weighted by molar-refractivity contribution is 0.0943. The molecule has 0 aliphatic heterocycles. The number of carbonyl (C=O) groups excluding carboxylic acids is 1. The SMILES string of the molecule is CCc1cc(C(=O)NCC(Br)C2CC2)n(CC)n1. The molecule has 1 atom stereocenters. The van der Waals surface area contributed by atoms with E-state index < -0.39 is 0 Å². The average Bonchev–Trinajstić information content (AvgIpc) is 3.14. The van der Waals surface area contributed by atoms with Crippen molar-refractivity contribution >= 4 is 21.8 Å². The van der Waals surface area contributed by atoms with Crippen LogP contribution in [0.3, 0.4) is 0 Å². The van der Waals surface area contributed by atoms with Crippen molar-refractivity contribution in [1.82, 2.24) is 15.1 Å². The second-order valence-corrected chi connectivity index (χ2v) is 5.93. The topological polar surface area (TPSA) is 46.9 Å². The summed E-state index contributed by atoms with van der Waals surface area (Å²) in [7, 11) is 0. The molecule has 1 aromatic rings. The van der Waals surface area contributed by atoms with Crippen LogP contribution in [0.5, 0.6) is 0 Å². The summed E-state index contributed by atoms with van der Waals surface area (Å²) in [5, 5.41) is 7.37. The van der Waals surface area contributed by atoms with Crippen molar-refractivity contribution in [2.45, 2.75) is 44.5 Å². The lowest BCUT2D eigenvalue weighted by Gasteiger charge is -2.10. The number of halogens is 1. The molecule has 1 unspecified atom stereocenters. The summed E-state index contributed by atoms with van der Waals surface area (Å²) in [5.41, 5.74) is 1.64. The van der Waals surface area contributed by atoms with E-state index in [1.165, 1.54) is 12.8 Å². The maximum Gasteiger partial charge on any atom is 0.269 e. The number of aryl methyl sites for hydroxylation is 2. The summed E-state index contributed by atoms with van der Waals surface area (Å²) in [5.74, 6) is 0.724. The van der Waals surface area contributed by atoms with Crippen molar-refractivity contribution < 1.29 is 4.79 Å². The fourth-order valence-electron chi connectivity index (χ4n) is 1.97. The molecule has 0 bridgehead atoms. The smallest absolute Gasteiger partial charge is 0.269 e. The molecule has 1 N–H and O–H groups in total. The highest BCUT2D eigenvalue weighted by Crippen LogP contribution is 2.36. The Hall–Kier alpha value is -0.840. The van der Waals surface area contributed by atoms with Crippen LogP contribution in [-0.4, -0.2) is 27.1 Å². The zero-order valence-corrected chi connectivity index (χ0v) is 12.5. The molecule has 1 amide bonds. The summed E-state index contributed by atoms with van der Waals surface area (Å²) in [4.78, 5) is 12.5. The summed E-state index contributed by atoms with van der Waals surface area (Å²) in [6, 6.07) is 1.89. The first-order chi connectivity index (χ1) is 8.65. The number of amides is 1. The van der Waals surface area contributed by atoms with Gasteiger partial charge in [-0.3, -0.25) is 9.48 Å². The Bertz CT molecular complexity index is 426. The van der Waals surface area contributed by atoms with E-state index >= 15 is 0 Å². The summed E-state index contributed by atoms with van der Waals surface area (Å²) in [6.07, 6.45) is 3.41. The number of nitrogens with zero attached hydrogens (tertiary/aromatic N) is 2. The highest BCUT2D eigenvalue weighted by atomic mass is 79.9. The van der Waals surface area contributed by atoms with Gasteiger partial charge in [-0.15, -0.1) is 0 Å². The van der Waals surface area contributed by atoms with E-state index in [9.17, 15) is 4.79 Å². The molecular weight excluding hydrogens is 294 g/mol. The largest absolute Gasteiger partial charge is 0.350 e. The van der Waals surface area contributed by atoms with Crippen LogP contribution in [0, 0.1) is 5.92 Å². The fourth-order valence-corrected chi connectivity index (χ4v) is 2.66. The third-order valence-corrected chi connectivity index (χ3v) is 4.39. The molecule has 1 aliphatic carbocycles. The molecule has 2 rings (SSSR count). The van der Waals surface area contributed by atoms with Gasteiger partial charge in [-0.05, 0) is 38.2 Å². The highest BCUT2D eigenvalue weighted by molar-refractivity contribution is 9.09. The molecular formula is C13H20BrN3O. The molecule has 1 heterocycles. The van der Waals surface area contributed by atoms with Crippen molar-refractivity contribution in [3.05, 3.63) is 17.5 Å². The third kappa shape index (κ3) is 3.13. The number of hydrogen-bond acceptors (Lipinski definition) is 2. The monoisotopic (exact) mass is 313 g/mol. The van der Waals surface area contributed by atoms with Crippen LogP contribution in [0.15, 0.2) is 6.07 Å². The zero-order chi connectivity index (χ0) is 13.1. The lowest BCUT2D eigenvalue weighted by Crippen LogP contribution is -2.31. The van der Waals surface area contributed by atoms with Gasteiger partial charge in [0, 0.05) is 17.9 Å². The van der Waals surface area contributed by atoms with Gasteiger partial charge in [0.15, 0.2) is 0 Å². The van der Waals surface area contributed by atoms with Gasteiger partial charge in [-0.2, -0.15) is 5.10 Å². The van der Waals surface area contributed by atoms with Crippen LogP contribution in [0.25, 0.3) is 0 Å². The minimum atomic E-state index is -0.0193. The van der Waals surface area contributed by atoms with Gasteiger partial charge in [0.25, 0.3) is 5.91 Å². The Morgan fingerprint density at radius 2 is 2.33 bits per heavy atom. The van der Waals surface area contributed by atoms with Gasteiger partial charge in [-0.25, -0.2) is 0 Å². The van der Waals surface area contributed by atoms with E-state index in [0.29, 0.717) is 17.1 Å². The zero-order valence-electron chi connectivity index (χ0n) is 10.9. The van der Waals surface area contributed by atoms with Crippen molar-refractivity contribution in [2.75, 3.05) is 6.54 Å². The van der Waals surface area contributed by atoms with Crippen LogP contribution in [0.1, 0.15) is 42.9 Å². The third-order valence-electron chi connectivity index (χ3n) is 3.32. The molecule has 1 saturated carbocycles. The van der Waals surface area contributed by atoms with E-state index in [-0.39, 0.29) is 5.91 Å². The van der Waals surface area contributed by atoms with Crippen molar-refractivity contribution in [1.29, 1.82) is 0 Å². The molecule has 1 aromatic heterocycles. The Morgan fingerprint density at radius 3 is 2.89 bits per heavy atom. The summed E-state index contributed by atoms with van der Waals surface area (Å²) >= 11 is 3.62. The molecule has 0 spiro atoms. The van der Waals surface area contributed by atoms with Gasteiger partial charge in [0.2, 0.25) is 0 Å². The van der Waals surface area contributed by atoms with Gasteiger partial charge >= 0.3 is 0 Å². The minimum Gasteiger partial charge on any atom is -0.350 e. The molecule has 1 fully saturated rings. The number of aromatic nitrogens is 2. The average molecular weight is 314 g/mol. The molecule has 18 heavy (non-hydrogen) atoms. The van der Waals surface area contributed by atoms with Crippen molar-refractivity contribution in [2.24, 2.45) is 5.92 Å². The minimum absolute atomic E-state index is 0.0193. The van der Waals surface area contributed by atoms with E-state index in [1.54, 1.807) is 4.68 Å². The second kappa shape index (κ2) is 5.87. The van der Waals surface area contributed by atoms with E-state index in [1.807, 2.05) is 19.9 Å². The van der Waals surface area contributed by atoms with E-state index in [2.05, 4.69) is 26.3 Å². The predicted molar refractivity (Wildman–Crippen MR) is 75.1 cm³/mol. The van der Waals surface area contributed by atoms with Crippen LogP contribution in [0.2, 0.25) is 0 Å². The molecule has 0 saturated heterocycles. The van der Waals surface area contributed by atoms with Crippen LogP contribution in [-0.2, 0) is 13.0 Å². The number of carbonyl (C=O) groups is 1. The normalized spacial score (nSPS) is 16.6. The Kier molecular flexibility index (Phi) is 4.43. The second-order valence-electron chi connectivity index (χ2n) is 4.75. The van der Waals surface area contributed by atoms with Crippen molar-refractivity contribution in [3.8, 4) is 0 Å². The summed E-state index contributed by atoms with van der Waals surface area (Å²) < 4.78 is 1.77. The number of alkyl halides is 1. The molecule has 5 heteroatoms. The molecule has 100 valence electrons. The lowest BCUT2D eigenvalue weighted by atomic mass is 10.2. The van der Waals surface area contributed by atoms with Crippen LogP contribution in [0.4, 0.5) is 0 Å². The maximum atomic E-state index is 12.1. The van der Waals surface area contributed by atoms with E-state index in [0.717, 1.165) is 24.6 Å². The van der Waals surface area contributed by atoms with Gasteiger partial charge in [0.1, 0.15) is 5.69 Å². The molecule has 4 nitrogen and oxygen atoms in total. The first-order valence-corrected chi connectivity index (χ1v) is 7.56. The maximum absolute atomic E-state index is 12.1. The quantitative estimate of drug-likeness (QED) is 0.820. The fraction of sp³-hybridized carbons (Fsp3) is 0.692. The molecule has 1 aliphatic rings. The Morgan fingerprint density at radius 1 is 1.61 bits per heavy atom. The first kappa shape index (κ1) is 13.6. The highest BCUT2D eigenvalue weighted by Gasteiger charge is 2.29. The van der Waals surface area contributed by atoms with Gasteiger partial charge in [0.05, 0.1) is 5.69 Å². The standard InChI is InChI=1S/C13H20BrN3O/c1-3-10-7-12(17(4-2)16-10)13(18)15-8-11(14)9-5-6-9/h7,9,11H,3-6,8H2,1-2H3,(H,15,18). The number of hydrogen-bond donors (Lipinski definition) is 1. The summed E-state index contributed by atoms with van der Waals surface area (Å²) in [6.45, 7) is 5.47.